The Hall–Kier alpha value is -0.650. The van der Waals surface area contributed by atoms with Crippen LogP contribution >= 0.6 is 15.9 Å². The van der Waals surface area contributed by atoms with E-state index in [0.717, 1.165) is 4.60 Å². The number of pyridine rings is 1. The van der Waals surface area contributed by atoms with Gasteiger partial charge in [-0.05, 0) is 28.1 Å². The summed E-state index contributed by atoms with van der Waals surface area (Å²) in [4.78, 5) is 3.98. The Morgan fingerprint density at radius 2 is 2.07 bits per heavy atom. The molecule has 78 valence electrons. The highest BCUT2D eigenvalue weighted by Gasteiger charge is 2.06. The fourth-order valence-corrected chi connectivity index (χ4v) is 1.06. The van der Waals surface area contributed by atoms with Crippen LogP contribution < -0.4 is 4.74 Å². The minimum Gasteiger partial charge on any atom is -0.492 e. The molecule has 1 heterocycles. The summed E-state index contributed by atoms with van der Waals surface area (Å²) in [5, 5.41) is 17.6. The van der Waals surface area contributed by atoms with E-state index in [-0.39, 0.29) is 25.7 Å². The van der Waals surface area contributed by atoms with E-state index in [1.54, 1.807) is 18.3 Å². The van der Waals surface area contributed by atoms with Crippen molar-refractivity contribution in [2.24, 2.45) is 5.92 Å². The number of ether oxygens (including phenoxy) is 1. The summed E-state index contributed by atoms with van der Waals surface area (Å²) < 4.78 is 6.04. The molecule has 0 fully saturated rings. The van der Waals surface area contributed by atoms with Gasteiger partial charge in [0.25, 0.3) is 0 Å². The van der Waals surface area contributed by atoms with Gasteiger partial charge >= 0.3 is 0 Å². The standard InChI is InChI=1S/C9H12BrNO3/c10-9-2-1-8(3-11-9)14-6-7(4-12)5-13/h1-3,7,12-13H,4-6H2. The van der Waals surface area contributed by atoms with Gasteiger partial charge in [0.05, 0.1) is 26.0 Å². The number of aliphatic hydroxyl groups is 2. The molecule has 0 aliphatic carbocycles. The molecule has 0 radical (unpaired) electrons. The third kappa shape index (κ3) is 3.61. The van der Waals surface area contributed by atoms with Crippen LogP contribution in [0.5, 0.6) is 5.75 Å². The van der Waals surface area contributed by atoms with E-state index < -0.39 is 0 Å². The molecule has 5 heteroatoms. The first-order chi connectivity index (χ1) is 6.76. The molecule has 2 N–H and O–H groups in total. The number of aliphatic hydroxyl groups excluding tert-OH is 2. The lowest BCUT2D eigenvalue weighted by Crippen LogP contribution is -2.19. The molecule has 0 spiro atoms. The summed E-state index contributed by atoms with van der Waals surface area (Å²) in [6.45, 7) is 0.122. The van der Waals surface area contributed by atoms with E-state index in [1.165, 1.54) is 0 Å². The second-order valence-corrected chi connectivity index (χ2v) is 3.67. The second kappa shape index (κ2) is 5.95. The predicted molar refractivity (Wildman–Crippen MR) is 55.1 cm³/mol. The number of hydrogen-bond donors (Lipinski definition) is 2. The third-order valence-electron chi connectivity index (χ3n) is 1.70. The molecular formula is C9H12BrNO3. The average Bonchev–Trinajstić information content (AvgIpc) is 2.22. The zero-order valence-electron chi connectivity index (χ0n) is 7.56. The van der Waals surface area contributed by atoms with Crippen molar-refractivity contribution in [1.82, 2.24) is 4.98 Å². The van der Waals surface area contributed by atoms with Gasteiger partial charge in [0.2, 0.25) is 0 Å². The van der Waals surface area contributed by atoms with Gasteiger partial charge in [0, 0.05) is 5.92 Å². The lowest BCUT2D eigenvalue weighted by Gasteiger charge is -2.11. The third-order valence-corrected chi connectivity index (χ3v) is 2.17. The van der Waals surface area contributed by atoms with Gasteiger partial charge in [-0.2, -0.15) is 0 Å². The molecule has 0 bridgehead atoms. The lowest BCUT2D eigenvalue weighted by molar-refractivity contribution is 0.106. The Morgan fingerprint density at radius 1 is 1.36 bits per heavy atom. The van der Waals surface area contributed by atoms with E-state index >= 15 is 0 Å². The minimum absolute atomic E-state index is 0.0829. The van der Waals surface area contributed by atoms with Crippen LogP contribution in [0.2, 0.25) is 0 Å². The van der Waals surface area contributed by atoms with Crippen LogP contribution in [-0.2, 0) is 0 Å². The van der Waals surface area contributed by atoms with Crippen LogP contribution in [0.3, 0.4) is 0 Å². The topological polar surface area (TPSA) is 62.6 Å². The maximum absolute atomic E-state index is 8.79. The molecular weight excluding hydrogens is 250 g/mol. The van der Waals surface area contributed by atoms with Crippen molar-refractivity contribution in [3.63, 3.8) is 0 Å². The van der Waals surface area contributed by atoms with Crippen molar-refractivity contribution in [2.75, 3.05) is 19.8 Å². The molecule has 0 unspecified atom stereocenters. The van der Waals surface area contributed by atoms with Gasteiger partial charge in [-0.25, -0.2) is 4.98 Å². The van der Waals surface area contributed by atoms with Gasteiger partial charge in [-0.3, -0.25) is 0 Å². The fourth-order valence-electron chi connectivity index (χ4n) is 0.825. The molecule has 0 aliphatic rings. The van der Waals surface area contributed by atoms with Gasteiger partial charge in [-0.15, -0.1) is 0 Å². The van der Waals surface area contributed by atoms with E-state index in [4.69, 9.17) is 14.9 Å². The van der Waals surface area contributed by atoms with Crippen molar-refractivity contribution < 1.29 is 14.9 Å². The molecule has 0 saturated heterocycles. The highest BCUT2D eigenvalue weighted by Crippen LogP contribution is 2.13. The summed E-state index contributed by atoms with van der Waals surface area (Å²) in [5.74, 6) is 0.388. The first kappa shape index (κ1) is 11.4. The highest BCUT2D eigenvalue weighted by molar-refractivity contribution is 9.10. The Morgan fingerprint density at radius 3 is 2.57 bits per heavy atom. The van der Waals surface area contributed by atoms with Crippen molar-refractivity contribution in [3.8, 4) is 5.75 Å². The molecule has 1 rings (SSSR count). The van der Waals surface area contributed by atoms with Crippen LogP contribution in [0.4, 0.5) is 0 Å². The fraction of sp³-hybridized carbons (Fsp3) is 0.444. The van der Waals surface area contributed by atoms with Gasteiger partial charge in [0.1, 0.15) is 10.4 Å². The normalized spacial score (nSPS) is 10.6. The molecule has 4 nitrogen and oxygen atoms in total. The maximum atomic E-state index is 8.79. The summed E-state index contributed by atoms with van der Waals surface area (Å²) in [6, 6.07) is 3.53. The Balaban J connectivity index is 2.41. The Labute approximate surface area is 90.7 Å². The van der Waals surface area contributed by atoms with Crippen LogP contribution in [-0.4, -0.2) is 35.0 Å². The van der Waals surface area contributed by atoms with Crippen molar-refractivity contribution in [2.45, 2.75) is 0 Å². The van der Waals surface area contributed by atoms with E-state index in [2.05, 4.69) is 20.9 Å². The van der Waals surface area contributed by atoms with Crippen molar-refractivity contribution in [3.05, 3.63) is 22.9 Å². The number of nitrogens with zero attached hydrogens (tertiary/aromatic N) is 1. The number of hydrogen-bond acceptors (Lipinski definition) is 4. The quantitative estimate of drug-likeness (QED) is 0.771. The molecule has 0 atom stereocenters. The van der Waals surface area contributed by atoms with E-state index in [1.807, 2.05) is 0 Å². The first-order valence-corrected chi connectivity index (χ1v) is 5.01. The van der Waals surface area contributed by atoms with E-state index in [0.29, 0.717) is 5.75 Å². The van der Waals surface area contributed by atoms with Crippen LogP contribution in [0.1, 0.15) is 0 Å². The SMILES string of the molecule is OCC(CO)COc1ccc(Br)nc1. The van der Waals surface area contributed by atoms with E-state index in [9.17, 15) is 0 Å². The summed E-state index contributed by atoms with van der Waals surface area (Å²) in [7, 11) is 0. The number of rotatable bonds is 5. The smallest absolute Gasteiger partial charge is 0.137 e. The molecule has 14 heavy (non-hydrogen) atoms. The first-order valence-electron chi connectivity index (χ1n) is 4.22. The largest absolute Gasteiger partial charge is 0.492 e. The summed E-state index contributed by atoms with van der Waals surface area (Å²) >= 11 is 3.21. The molecule has 0 amide bonds. The molecule has 1 aromatic rings. The Kier molecular flexibility index (Phi) is 4.86. The maximum Gasteiger partial charge on any atom is 0.137 e. The van der Waals surface area contributed by atoms with Crippen LogP contribution in [0, 0.1) is 5.92 Å². The van der Waals surface area contributed by atoms with Crippen LogP contribution in [0.15, 0.2) is 22.9 Å². The number of aromatic nitrogens is 1. The molecule has 0 saturated carbocycles. The van der Waals surface area contributed by atoms with Gasteiger partial charge in [-0.1, -0.05) is 0 Å². The zero-order chi connectivity index (χ0) is 10.4. The van der Waals surface area contributed by atoms with Crippen LogP contribution in [0.25, 0.3) is 0 Å². The lowest BCUT2D eigenvalue weighted by atomic mass is 10.2. The van der Waals surface area contributed by atoms with Gasteiger partial charge < -0.3 is 14.9 Å². The summed E-state index contributed by atoms with van der Waals surface area (Å²) in [6.07, 6.45) is 1.58. The zero-order valence-corrected chi connectivity index (χ0v) is 9.14. The average molecular weight is 262 g/mol. The molecule has 0 aromatic carbocycles. The predicted octanol–water partition coefficient (Wildman–Crippen LogP) is 0.824. The van der Waals surface area contributed by atoms with Crippen molar-refractivity contribution in [1.29, 1.82) is 0 Å². The molecule has 1 aromatic heterocycles. The van der Waals surface area contributed by atoms with Crippen molar-refractivity contribution >= 4 is 15.9 Å². The van der Waals surface area contributed by atoms with Gasteiger partial charge in [0.15, 0.2) is 0 Å². The highest BCUT2D eigenvalue weighted by atomic mass is 79.9. The summed E-state index contributed by atoms with van der Waals surface area (Å²) in [5.41, 5.74) is 0. The molecule has 0 aliphatic heterocycles. The minimum atomic E-state index is -0.237. The Bertz CT molecular complexity index is 261. The second-order valence-electron chi connectivity index (χ2n) is 2.86. The number of halogens is 1. The monoisotopic (exact) mass is 261 g/mol.